The largest absolute Gasteiger partial charge is 0.481 e. The van der Waals surface area contributed by atoms with Crippen LogP contribution in [0.2, 0.25) is 0 Å². The second-order valence-electron chi connectivity index (χ2n) is 7.93. The molecule has 0 spiro atoms. The molecule has 33 heavy (non-hydrogen) atoms. The number of carbonyl (C=O) groups is 3. The number of esters is 1. The van der Waals surface area contributed by atoms with Gasteiger partial charge in [0.1, 0.15) is 6.04 Å². The highest BCUT2D eigenvalue weighted by Gasteiger charge is 2.32. The average molecular weight is 452 g/mol. The van der Waals surface area contributed by atoms with Crippen LogP contribution >= 0.6 is 0 Å². The van der Waals surface area contributed by atoms with Gasteiger partial charge in [-0.1, -0.05) is 48.5 Å². The molecule has 2 heterocycles. The topological polar surface area (TPSA) is 121 Å². The van der Waals surface area contributed by atoms with E-state index >= 15 is 0 Å². The maximum absolute atomic E-state index is 12.9. The van der Waals surface area contributed by atoms with E-state index in [1.165, 1.54) is 12.7 Å². The second kappa shape index (κ2) is 11.3. The van der Waals surface area contributed by atoms with E-state index in [9.17, 15) is 9.59 Å². The molecule has 0 radical (unpaired) electrons. The van der Waals surface area contributed by atoms with Gasteiger partial charge in [-0.3, -0.25) is 14.9 Å². The number of hydrogen-bond acceptors (Lipinski definition) is 5. The number of aromatic nitrogens is 1. The van der Waals surface area contributed by atoms with E-state index in [0.29, 0.717) is 6.42 Å². The van der Waals surface area contributed by atoms with Crippen LogP contribution in [-0.2, 0) is 25.5 Å². The van der Waals surface area contributed by atoms with E-state index in [1.807, 2.05) is 48.7 Å². The smallest absolute Gasteiger partial charge is 0.328 e. The van der Waals surface area contributed by atoms with Crippen molar-refractivity contribution in [3.8, 4) is 0 Å². The number of carbonyl (C=O) groups excluding carboxylic acids is 2. The van der Waals surface area contributed by atoms with Gasteiger partial charge >= 0.3 is 5.97 Å². The van der Waals surface area contributed by atoms with Crippen molar-refractivity contribution in [2.24, 2.45) is 0 Å². The van der Waals surface area contributed by atoms with Crippen LogP contribution < -0.4 is 10.6 Å². The third-order valence-electron chi connectivity index (χ3n) is 5.57. The van der Waals surface area contributed by atoms with Gasteiger partial charge in [0.05, 0.1) is 13.2 Å². The van der Waals surface area contributed by atoms with Crippen LogP contribution in [-0.4, -0.2) is 47.1 Å². The number of aliphatic carboxylic acids is 1. The summed E-state index contributed by atoms with van der Waals surface area (Å²) in [5, 5.41) is 14.7. The summed E-state index contributed by atoms with van der Waals surface area (Å²) in [4.78, 5) is 37.4. The Bertz CT molecular complexity index is 1090. The Labute approximate surface area is 192 Å². The number of ether oxygens (including phenoxy) is 1. The van der Waals surface area contributed by atoms with Crippen LogP contribution in [0.5, 0.6) is 0 Å². The number of nitrogens with one attached hydrogen (secondary N) is 3. The van der Waals surface area contributed by atoms with Gasteiger partial charge in [-0.15, -0.1) is 0 Å². The summed E-state index contributed by atoms with van der Waals surface area (Å²) in [6, 6.07) is 17.1. The molecule has 1 aliphatic rings. The molecule has 0 bridgehead atoms. The van der Waals surface area contributed by atoms with Crippen LogP contribution in [0.3, 0.4) is 0 Å². The third-order valence-corrected chi connectivity index (χ3v) is 5.57. The highest BCUT2D eigenvalue weighted by molar-refractivity contribution is 5.89. The molecule has 1 aliphatic heterocycles. The Balaban J connectivity index is 0.000000709. The third kappa shape index (κ3) is 6.43. The van der Waals surface area contributed by atoms with E-state index in [1.54, 1.807) is 0 Å². The predicted molar refractivity (Wildman–Crippen MR) is 125 cm³/mol. The Morgan fingerprint density at radius 3 is 2.45 bits per heavy atom. The van der Waals surface area contributed by atoms with Crippen molar-refractivity contribution in [1.82, 2.24) is 15.6 Å². The summed E-state index contributed by atoms with van der Waals surface area (Å²) in [5.41, 5.74) is 3.14. The van der Waals surface area contributed by atoms with Gasteiger partial charge in [-0.2, -0.15) is 0 Å². The molecule has 1 fully saturated rings. The molecule has 2 aromatic carbocycles. The SMILES string of the molecule is CC(=O)O.COC(=O)[C@H](Cc1c[nH]c2ccccc12)NC(=O)[C@H]1CC[C@H](c2ccccc2)N1. The van der Waals surface area contributed by atoms with Crippen molar-refractivity contribution in [2.75, 3.05) is 7.11 Å². The molecule has 1 saturated heterocycles. The van der Waals surface area contributed by atoms with E-state index in [4.69, 9.17) is 14.6 Å². The summed E-state index contributed by atoms with van der Waals surface area (Å²) in [7, 11) is 1.34. The lowest BCUT2D eigenvalue weighted by molar-refractivity contribution is -0.145. The zero-order valence-corrected chi connectivity index (χ0v) is 18.7. The number of fused-ring (bicyclic) bond motifs is 1. The number of rotatable bonds is 6. The second-order valence-corrected chi connectivity index (χ2v) is 7.93. The number of hydrogen-bond donors (Lipinski definition) is 4. The van der Waals surface area contributed by atoms with Gasteiger partial charge in [-0.25, -0.2) is 4.79 Å². The fourth-order valence-corrected chi connectivity index (χ4v) is 4.03. The Morgan fingerprint density at radius 2 is 1.76 bits per heavy atom. The molecule has 0 unspecified atom stereocenters. The van der Waals surface area contributed by atoms with Crippen molar-refractivity contribution >= 4 is 28.7 Å². The number of para-hydroxylation sites is 1. The molecule has 174 valence electrons. The molecule has 8 nitrogen and oxygen atoms in total. The first-order chi connectivity index (χ1) is 15.9. The monoisotopic (exact) mass is 451 g/mol. The fourth-order valence-electron chi connectivity index (χ4n) is 4.03. The van der Waals surface area contributed by atoms with E-state index < -0.39 is 18.0 Å². The predicted octanol–water partition coefficient (Wildman–Crippen LogP) is 2.95. The summed E-state index contributed by atoms with van der Waals surface area (Å²) >= 11 is 0. The molecule has 8 heteroatoms. The first kappa shape index (κ1) is 24.0. The van der Waals surface area contributed by atoms with Gasteiger partial charge in [-0.05, 0) is 30.0 Å². The lowest BCUT2D eigenvalue weighted by atomic mass is 10.0. The number of amides is 1. The maximum Gasteiger partial charge on any atom is 0.328 e. The zero-order valence-electron chi connectivity index (χ0n) is 18.7. The fraction of sp³-hybridized carbons (Fsp3) is 0.320. The summed E-state index contributed by atoms with van der Waals surface area (Å²) in [6.07, 6.45) is 3.86. The minimum absolute atomic E-state index is 0.150. The van der Waals surface area contributed by atoms with Crippen molar-refractivity contribution in [2.45, 2.75) is 44.3 Å². The van der Waals surface area contributed by atoms with Gasteiger partial charge in [0, 0.05) is 36.5 Å². The van der Waals surface area contributed by atoms with Crippen molar-refractivity contribution in [1.29, 1.82) is 0 Å². The molecule has 3 atom stereocenters. The standard InChI is InChI=1S/C23H25N3O3.C2H4O2/c1-29-23(28)21(13-16-14-24-19-10-6-5-9-17(16)19)26-22(27)20-12-11-18(25-20)15-7-3-2-4-8-15;1-2(3)4/h2-10,14,18,20-21,24-25H,11-13H2,1H3,(H,26,27);1H3,(H,3,4)/t18-,20-,21+;/m1./s1. The summed E-state index contributed by atoms with van der Waals surface area (Å²) < 4.78 is 4.94. The summed E-state index contributed by atoms with van der Waals surface area (Å²) in [5.74, 6) is -1.44. The highest BCUT2D eigenvalue weighted by Crippen LogP contribution is 2.26. The Morgan fingerprint density at radius 1 is 1.09 bits per heavy atom. The molecule has 4 rings (SSSR count). The molecule has 4 N–H and O–H groups in total. The first-order valence-electron chi connectivity index (χ1n) is 10.8. The lowest BCUT2D eigenvalue weighted by Gasteiger charge is -2.20. The van der Waals surface area contributed by atoms with Crippen LogP contribution in [0, 0.1) is 0 Å². The van der Waals surface area contributed by atoms with Gasteiger partial charge in [0.25, 0.3) is 5.97 Å². The molecule has 0 aliphatic carbocycles. The number of benzene rings is 2. The molecule has 3 aromatic rings. The molecule has 1 aromatic heterocycles. The van der Waals surface area contributed by atoms with Crippen LogP contribution in [0.25, 0.3) is 10.9 Å². The van der Waals surface area contributed by atoms with Crippen LogP contribution in [0.4, 0.5) is 0 Å². The molecular weight excluding hydrogens is 422 g/mol. The number of carboxylic acids is 1. The first-order valence-corrected chi connectivity index (χ1v) is 10.8. The van der Waals surface area contributed by atoms with Crippen molar-refractivity contribution in [3.63, 3.8) is 0 Å². The Hall–Kier alpha value is -3.65. The number of H-pyrrole nitrogens is 1. The average Bonchev–Trinajstić information content (AvgIpc) is 3.46. The van der Waals surface area contributed by atoms with Crippen LogP contribution in [0.1, 0.15) is 36.9 Å². The van der Waals surface area contributed by atoms with E-state index in [0.717, 1.165) is 36.2 Å². The van der Waals surface area contributed by atoms with Gasteiger partial charge in [0.15, 0.2) is 0 Å². The van der Waals surface area contributed by atoms with Gasteiger partial charge in [0.2, 0.25) is 5.91 Å². The number of aromatic amines is 1. The quantitative estimate of drug-likeness (QED) is 0.428. The highest BCUT2D eigenvalue weighted by atomic mass is 16.5. The van der Waals surface area contributed by atoms with Gasteiger partial charge < -0.3 is 20.1 Å². The van der Waals surface area contributed by atoms with E-state index in [-0.39, 0.29) is 18.0 Å². The molecule has 1 amide bonds. The molecule has 0 saturated carbocycles. The lowest BCUT2D eigenvalue weighted by Crippen LogP contribution is -2.49. The van der Waals surface area contributed by atoms with Crippen molar-refractivity contribution in [3.05, 3.63) is 71.9 Å². The van der Waals surface area contributed by atoms with Crippen molar-refractivity contribution < 1.29 is 24.2 Å². The number of carboxylic acid groups (broad SMARTS) is 1. The maximum atomic E-state index is 12.9. The number of methoxy groups -OCH3 is 1. The minimum Gasteiger partial charge on any atom is -0.481 e. The normalized spacial score (nSPS) is 18.1. The zero-order chi connectivity index (χ0) is 23.8. The van der Waals surface area contributed by atoms with Crippen LogP contribution in [0.15, 0.2) is 60.8 Å². The Kier molecular flexibility index (Phi) is 8.21. The molecular formula is C25H29N3O5. The van der Waals surface area contributed by atoms with E-state index in [2.05, 4.69) is 27.8 Å². The summed E-state index contributed by atoms with van der Waals surface area (Å²) in [6.45, 7) is 1.08. The minimum atomic E-state index is -0.833.